The molecule has 0 aromatic heterocycles. The van der Waals surface area contributed by atoms with E-state index in [9.17, 15) is 5.11 Å². The lowest BCUT2D eigenvalue weighted by Gasteiger charge is -2.40. The van der Waals surface area contributed by atoms with E-state index in [1.807, 2.05) is 36.4 Å². The van der Waals surface area contributed by atoms with Crippen LogP contribution in [0.5, 0.6) is 0 Å². The highest BCUT2D eigenvalue weighted by molar-refractivity contribution is 5.34. The predicted octanol–water partition coefficient (Wildman–Crippen LogP) is 0.788. The van der Waals surface area contributed by atoms with Crippen LogP contribution in [-0.4, -0.2) is 60.3 Å². The summed E-state index contributed by atoms with van der Waals surface area (Å²) in [4.78, 5) is 4.77. The van der Waals surface area contributed by atoms with Crippen LogP contribution in [0.3, 0.4) is 0 Å². The van der Waals surface area contributed by atoms with Gasteiger partial charge in [0.2, 0.25) is 0 Å². The molecule has 0 bridgehead atoms. The molecule has 1 aromatic rings. The number of benzene rings is 1. The van der Waals surface area contributed by atoms with E-state index in [2.05, 4.69) is 15.1 Å². The summed E-state index contributed by atoms with van der Waals surface area (Å²) in [6.45, 7) is 5.45. The third-order valence-electron chi connectivity index (χ3n) is 4.86. The first-order chi connectivity index (χ1) is 11.7. The van der Waals surface area contributed by atoms with Gasteiger partial charge in [-0.05, 0) is 17.5 Å². The third kappa shape index (κ3) is 3.58. The molecule has 6 heteroatoms. The number of rotatable bonds is 4. The van der Waals surface area contributed by atoms with Crippen LogP contribution >= 0.6 is 0 Å². The summed E-state index contributed by atoms with van der Waals surface area (Å²) in [7, 11) is 0. The molecule has 3 rings (SSSR count). The molecule has 0 aliphatic carbocycles. The van der Waals surface area contributed by atoms with E-state index >= 15 is 0 Å². The van der Waals surface area contributed by atoms with Gasteiger partial charge in [-0.3, -0.25) is 9.80 Å². The van der Waals surface area contributed by atoms with Crippen molar-refractivity contribution in [2.75, 3.05) is 39.3 Å². The monoisotopic (exact) mass is 325 g/mol. The highest BCUT2D eigenvalue weighted by Gasteiger charge is 2.32. The van der Waals surface area contributed by atoms with Gasteiger partial charge in [0.05, 0.1) is 24.4 Å². The molecular formula is C18H23N5O. The number of piperazine rings is 1. The summed E-state index contributed by atoms with van der Waals surface area (Å²) in [5, 5.41) is 31.4. The maximum Gasteiger partial charge on any atom is 0.158 e. The zero-order valence-electron chi connectivity index (χ0n) is 13.7. The number of aliphatic hydroxyl groups is 1. The summed E-state index contributed by atoms with van der Waals surface area (Å²) < 4.78 is 0. The first kappa shape index (κ1) is 16.9. The minimum absolute atomic E-state index is 0.140. The van der Waals surface area contributed by atoms with Gasteiger partial charge in [-0.25, -0.2) is 0 Å². The Labute approximate surface area is 142 Å². The van der Waals surface area contributed by atoms with Gasteiger partial charge in [0.25, 0.3) is 0 Å². The van der Waals surface area contributed by atoms with Gasteiger partial charge in [-0.2, -0.15) is 10.5 Å². The van der Waals surface area contributed by atoms with E-state index in [0.717, 1.165) is 50.3 Å². The van der Waals surface area contributed by atoms with Crippen molar-refractivity contribution in [3.63, 3.8) is 0 Å². The number of hydrogen-bond acceptors (Lipinski definition) is 6. The Balaban J connectivity index is 1.85. The molecule has 2 aliphatic rings. The first-order valence-electron chi connectivity index (χ1n) is 8.49. The van der Waals surface area contributed by atoms with Crippen LogP contribution < -0.4 is 5.32 Å². The Kier molecular flexibility index (Phi) is 5.44. The fourth-order valence-corrected chi connectivity index (χ4v) is 3.61. The third-order valence-corrected chi connectivity index (χ3v) is 4.86. The lowest BCUT2D eigenvalue weighted by molar-refractivity contribution is 0.0389. The maximum absolute atomic E-state index is 9.93. The molecule has 2 heterocycles. The maximum atomic E-state index is 9.93. The number of nitrogens with zero attached hydrogens (tertiary/aromatic N) is 4. The second-order valence-corrected chi connectivity index (χ2v) is 6.45. The normalized spacial score (nSPS) is 23.8. The van der Waals surface area contributed by atoms with E-state index in [4.69, 9.17) is 10.5 Å². The largest absolute Gasteiger partial charge is 0.392 e. The van der Waals surface area contributed by atoms with E-state index in [0.29, 0.717) is 6.54 Å². The molecule has 2 saturated heterocycles. The Bertz CT molecular complexity index is 608. The fourth-order valence-electron chi connectivity index (χ4n) is 3.61. The molecule has 0 spiro atoms. The second-order valence-electron chi connectivity index (χ2n) is 6.45. The molecule has 2 atom stereocenters. The molecule has 126 valence electrons. The average molecular weight is 325 g/mol. The lowest BCUT2D eigenvalue weighted by atomic mass is 9.99. The molecular weight excluding hydrogens is 302 g/mol. The molecule has 2 aliphatic heterocycles. The zero-order valence-corrected chi connectivity index (χ0v) is 13.7. The second kappa shape index (κ2) is 7.74. The van der Waals surface area contributed by atoms with Crippen molar-refractivity contribution in [2.45, 2.75) is 24.6 Å². The smallest absolute Gasteiger partial charge is 0.158 e. The highest BCUT2D eigenvalue weighted by Crippen LogP contribution is 2.30. The fraction of sp³-hybridized carbons (Fsp3) is 0.556. The molecule has 6 nitrogen and oxygen atoms in total. The van der Waals surface area contributed by atoms with Crippen molar-refractivity contribution in [1.82, 2.24) is 15.1 Å². The van der Waals surface area contributed by atoms with Crippen LogP contribution in [0.25, 0.3) is 0 Å². The molecule has 1 aromatic carbocycles. The average Bonchev–Trinajstić information content (AvgIpc) is 3.04. The predicted molar refractivity (Wildman–Crippen MR) is 89.8 cm³/mol. The molecule has 0 radical (unpaired) electrons. The summed E-state index contributed by atoms with van der Waals surface area (Å²) in [6, 6.07) is 11.8. The van der Waals surface area contributed by atoms with Crippen molar-refractivity contribution in [3.05, 3.63) is 35.4 Å². The number of nitrogens with one attached hydrogen (secondary N) is 1. The van der Waals surface area contributed by atoms with Crippen LogP contribution in [0.1, 0.15) is 29.6 Å². The van der Waals surface area contributed by atoms with Gasteiger partial charge >= 0.3 is 0 Å². The Morgan fingerprint density at radius 3 is 2.17 bits per heavy atom. The van der Waals surface area contributed by atoms with Crippen molar-refractivity contribution >= 4 is 0 Å². The van der Waals surface area contributed by atoms with Crippen molar-refractivity contribution in [2.24, 2.45) is 0 Å². The van der Waals surface area contributed by atoms with Crippen LogP contribution in [0.4, 0.5) is 0 Å². The van der Waals surface area contributed by atoms with Crippen molar-refractivity contribution in [1.29, 1.82) is 10.5 Å². The number of hydrogen-bond donors (Lipinski definition) is 2. The zero-order chi connectivity index (χ0) is 16.9. The van der Waals surface area contributed by atoms with E-state index in [-0.39, 0.29) is 12.3 Å². The minimum atomic E-state index is -0.717. The van der Waals surface area contributed by atoms with Crippen molar-refractivity contribution in [3.8, 4) is 12.1 Å². The van der Waals surface area contributed by atoms with E-state index in [1.54, 1.807) is 0 Å². The number of likely N-dealkylation sites (tertiary alicyclic amines) is 1. The van der Waals surface area contributed by atoms with Crippen LogP contribution in [-0.2, 0) is 0 Å². The Hall–Kier alpha value is -1.96. The Morgan fingerprint density at radius 2 is 1.62 bits per heavy atom. The summed E-state index contributed by atoms with van der Waals surface area (Å²) >= 11 is 0. The van der Waals surface area contributed by atoms with E-state index in [1.165, 1.54) is 0 Å². The van der Waals surface area contributed by atoms with Gasteiger partial charge in [-0.1, -0.05) is 24.3 Å². The van der Waals surface area contributed by atoms with Gasteiger partial charge in [0.1, 0.15) is 0 Å². The van der Waals surface area contributed by atoms with Crippen LogP contribution in [0, 0.1) is 22.7 Å². The van der Waals surface area contributed by atoms with Crippen LogP contribution in [0.2, 0.25) is 0 Å². The molecule has 2 fully saturated rings. The van der Waals surface area contributed by atoms with E-state index < -0.39 is 5.92 Å². The Morgan fingerprint density at radius 1 is 1.00 bits per heavy atom. The topological polar surface area (TPSA) is 86.3 Å². The quantitative estimate of drug-likeness (QED) is 0.851. The van der Waals surface area contributed by atoms with Gasteiger partial charge in [0, 0.05) is 39.3 Å². The standard InChI is InChI=1S/C18H23N5O/c19-11-16(12-20)14-1-3-15(4-2-14)18(22-9-6-21-7-10-22)23-8-5-17(24)13-23/h1-4,16-18,21,24H,5-10,13H2. The SMILES string of the molecule is N#CC(C#N)c1ccc(C(N2CCNCC2)N2CCC(O)C2)cc1. The minimum Gasteiger partial charge on any atom is -0.392 e. The molecule has 0 amide bonds. The van der Waals surface area contributed by atoms with Gasteiger partial charge in [0.15, 0.2) is 5.92 Å². The summed E-state index contributed by atoms with van der Waals surface area (Å²) in [5.74, 6) is -0.717. The molecule has 24 heavy (non-hydrogen) atoms. The summed E-state index contributed by atoms with van der Waals surface area (Å²) in [5.41, 5.74) is 1.90. The first-order valence-corrected chi connectivity index (χ1v) is 8.49. The highest BCUT2D eigenvalue weighted by atomic mass is 16.3. The lowest BCUT2D eigenvalue weighted by Crippen LogP contribution is -2.49. The van der Waals surface area contributed by atoms with Crippen LogP contribution in [0.15, 0.2) is 24.3 Å². The van der Waals surface area contributed by atoms with Gasteiger partial charge < -0.3 is 10.4 Å². The van der Waals surface area contributed by atoms with Crippen molar-refractivity contribution < 1.29 is 5.11 Å². The number of aliphatic hydroxyl groups excluding tert-OH is 1. The van der Waals surface area contributed by atoms with Gasteiger partial charge in [-0.15, -0.1) is 0 Å². The number of β-amino-alcohol motifs (C(OH)–C–C–N with tert-alkyl or cyclic N) is 1. The molecule has 2 unspecified atom stereocenters. The molecule has 0 saturated carbocycles. The molecule has 2 N–H and O–H groups in total. The summed E-state index contributed by atoms with van der Waals surface area (Å²) in [6.07, 6.45) is 0.697. The number of nitriles is 2.